The van der Waals surface area contributed by atoms with Crippen molar-refractivity contribution in [2.45, 2.75) is 9.79 Å². The average Bonchev–Trinajstić information content (AvgIpc) is 2.52. The molecule has 2 N–H and O–H groups in total. The largest absolute Gasteiger partial charge is 0.410 e. The van der Waals surface area contributed by atoms with Crippen molar-refractivity contribution >= 4 is 33.6 Å². The van der Waals surface area contributed by atoms with E-state index < -0.39 is 0 Å². The summed E-state index contributed by atoms with van der Waals surface area (Å²) in [4.78, 5) is 1.80. The van der Waals surface area contributed by atoms with Gasteiger partial charge in [0, 0.05) is 9.79 Å². The number of oxime groups is 2. The Kier molecular flexibility index (Phi) is 5.52. The van der Waals surface area contributed by atoms with E-state index >= 15 is 0 Å². The fourth-order valence-corrected chi connectivity index (χ4v) is 3.03. The summed E-state index contributed by atoms with van der Waals surface area (Å²) in [6, 6.07) is 18.9. The lowest BCUT2D eigenvalue weighted by Crippen LogP contribution is -2.06. The Morgan fingerprint density at radius 2 is 1.00 bits per heavy atom. The second-order valence-electron chi connectivity index (χ2n) is 3.64. The topological polar surface area (TPSA) is 65.2 Å². The monoisotopic (exact) mass is 304 g/mol. The van der Waals surface area contributed by atoms with Crippen LogP contribution in [0.2, 0.25) is 0 Å². The Balaban J connectivity index is 2.13. The van der Waals surface area contributed by atoms with Crippen molar-refractivity contribution < 1.29 is 10.4 Å². The molecule has 0 heterocycles. The summed E-state index contributed by atoms with van der Waals surface area (Å²) < 4.78 is 0. The van der Waals surface area contributed by atoms with E-state index in [1.807, 2.05) is 60.7 Å². The first-order chi connectivity index (χ1) is 9.83. The zero-order valence-corrected chi connectivity index (χ0v) is 12.0. The Morgan fingerprint density at radius 1 is 0.650 bits per heavy atom. The fraction of sp³-hybridized carbons (Fsp3) is 0. The lowest BCUT2D eigenvalue weighted by atomic mass is 10.4. The minimum Gasteiger partial charge on any atom is -0.410 e. The van der Waals surface area contributed by atoms with Crippen LogP contribution in [-0.4, -0.2) is 20.5 Å². The third kappa shape index (κ3) is 4.04. The van der Waals surface area contributed by atoms with E-state index in [2.05, 4.69) is 10.3 Å². The number of hydrogen-bond donors (Lipinski definition) is 2. The molecule has 20 heavy (non-hydrogen) atoms. The highest BCUT2D eigenvalue weighted by atomic mass is 32.2. The van der Waals surface area contributed by atoms with Gasteiger partial charge in [-0.25, -0.2) is 0 Å². The van der Waals surface area contributed by atoms with Gasteiger partial charge in [-0.1, -0.05) is 70.2 Å². The molecule has 4 nitrogen and oxygen atoms in total. The van der Waals surface area contributed by atoms with Crippen LogP contribution in [0.25, 0.3) is 0 Å². The van der Waals surface area contributed by atoms with Gasteiger partial charge in [0.25, 0.3) is 0 Å². The third-order valence-electron chi connectivity index (χ3n) is 2.28. The number of hydrogen-bond acceptors (Lipinski definition) is 6. The highest BCUT2D eigenvalue weighted by Crippen LogP contribution is 2.27. The maximum Gasteiger partial charge on any atom is 0.176 e. The van der Waals surface area contributed by atoms with E-state index in [0.717, 1.165) is 9.79 Å². The van der Waals surface area contributed by atoms with E-state index in [1.54, 1.807) is 0 Å². The molecule has 0 atom stereocenters. The maximum atomic E-state index is 9.13. The molecule has 0 aliphatic carbocycles. The molecule has 0 aliphatic heterocycles. The molecule has 0 fully saturated rings. The summed E-state index contributed by atoms with van der Waals surface area (Å²) >= 11 is 2.46. The van der Waals surface area contributed by atoms with Crippen molar-refractivity contribution in [3.8, 4) is 0 Å². The van der Waals surface area contributed by atoms with Gasteiger partial charge in [-0.05, 0) is 24.3 Å². The molecule has 0 radical (unpaired) electrons. The van der Waals surface area contributed by atoms with Gasteiger partial charge in [-0.2, -0.15) is 0 Å². The number of rotatable bonds is 2. The predicted octanol–water partition coefficient (Wildman–Crippen LogP) is 4.15. The normalized spacial score (nSPS) is 12.4. The molecule has 2 aromatic carbocycles. The van der Waals surface area contributed by atoms with Crippen LogP contribution in [0, 0.1) is 0 Å². The molecule has 0 unspecified atom stereocenters. The number of thioether (sulfide) groups is 2. The molecule has 0 spiro atoms. The highest BCUT2D eigenvalue weighted by Gasteiger charge is 2.14. The zero-order valence-electron chi connectivity index (χ0n) is 10.4. The Morgan fingerprint density at radius 3 is 1.30 bits per heavy atom. The molecule has 0 saturated heterocycles. The lowest BCUT2D eigenvalue weighted by molar-refractivity contribution is 0.316. The van der Waals surface area contributed by atoms with Crippen molar-refractivity contribution in [3.05, 3.63) is 60.7 Å². The molecule has 0 saturated carbocycles. The predicted molar refractivity (Wildman–Crippen MR) is 83.0 cm³/mol. The summed E-state index contributed by atoms with van der Waals surface area (Å²) in [6.07, 6.45) is 0. The van der Waals surface area contributed by atoms with Crippen molar-refractivity contribution in [1.29, 1.82) is 0 Å². The molecular formula is C14H12N2O2S2. The lowest BCUT2D eigenvalue weighted by Gasteiger charge is -2.06. The van der Waals surface area contributed by atoms with Crippen molar-refractivity contribution in [2.24, 2.45) is 10.3 Å². The quantitative estimate of drug-likeness (QED) is 0.288. The van der Waals surface area contributed by atoms with Gasteiger partial charge in [0.15, 0.2) is 10.1 Å². The van der Waals surface area contributed by atoms with Crippen molar-refractivity contribution in [1.82, 2.24) is 0 Å². The Hall–Kier alpha value is -1.92. The smallest absolute Gasteiger partial charge is 0.176 e. The van der Waals surface area contributed by atoms with Gasteiger partial charge in [0.05, 0.1) is 0 Å². The Labute approximate surface area is 125 Å². The van der Waals surface area contributed by atoms with Crippen LogP contribution < -0.4 is 0 Å². The van der Waals surface area contributed by atoms with Gasteiger partial charge in [-0.15, -0.1) is 0 Å². The molecule has 2 aromatic rings. The second-order valence-corrected chi connectivity index (χ2v) is 5.76. The van der Waals surface area contributed by atoms with E-state index in [1.165, 1.54) is 23.5 Å². The first-order valence-corrected chi connectivity index (χ1v) is 7.37. The molecule has 6 heteroatoms. The van der Waals surface area contributed by atoms with Gasteiger partial charge in [-0.3, -0.25) is 0 Å². The van der Waals surface area contributed by atoms with Crippen LogP contribution in [0.3, 0.4) is 0 Å². The number of nitrogens with zero attached hydrogens (tertiary/aromatic N) is 2. The third-order valence-corrected chi connectivity index (χ3v) is 4.36. The first-order valence-electron chi connectivity index (χ1n) is 5.74. The summed E-state index contributed by atoms with van der Waals surface area (Å²) in [5.74, 6) is 0. The van der Waals surface area contributed by atoms with E-state index in [0.29, 0.717) is 0 Å². The van der Waals surface area contributed by atoms with Crippen molar-refractivity contribution in [3.63, 3.8) is 0 Å². The first kappa shape index (κ1) is 14.5. The second kappa shape index (κ2) is 7.62. The summed E-state index contributed by atoms with van der Waals surface area (Å²) in [5, 5.41) is 25.2. The van der Waals surface area contributed by atoms with Crippen molar-refractivity contribution in [2.75, 3.05) is 0 Å². The van der Waals surface area contributed by atoms with Crippen LogP contribution in [0.5, 0.6) is 0 Å². The molecule has 2 rings (SSSR count). The van der Waals surface area contributed by atoms with Crippen LogP contribution in [0.1, 0.15) is 0 Å². The summed E-state index contributed by atoms with van der Waals surface area (Å²) in [7, 11) is 0. The number of benzene rings is 2. The SMILES string of the molecule is ON=C(Sc1ccccc1)C(=NO)Sc1ccccc1. The summed E-state index contributed by atoms with van der Waals surface area (Å²) in [6.45, 7) is 0. The summed E-state index contributed by atoms with van der Waals surface area (Å²) in [5.41, 5.74) is 0. The van der Waals surface area contributed by atoms with E-state index in [9.17, 15) is 0 Å². The highest BCUT2D eigenvalue weighted by molar-refractivity contribution is 8.25. The van der Waals surface area contributed by atoms with Gasteiger partial charge >= 0.3 is 0 Å². The average molecular weight is 304 g/mol. The minimum absolute atomic E-state index is 0.243. The molecule has 0 bridgehead atoms. The standard InChI is InChI=1S/C14H12N2O2S2/c17-15-13(19-11-7-3-1-4-8-11)14(16-18)20-12-9-5-2-6-10-12/h1-10,17-18H. The van der Waals surface area contributed by atoms with Crippen LogP contribution >= 0.6 is 23.5 Å². The van der Waals surface area contributed by atoms with E-state index in [-0.39, 0.29) is 10.1 Å². The zero-order chi connectivity index (χ0) is 14.2. The maximum absolute atomic E-state index is 9.13. The minimum atomic E-state index is 0.243. The Bertz CT molecular complexity index is 546. The van der Waals surface area contributed by atoms with Crippen LogP contribution in [0.15, 0.2) is 80.8 Å². The fourth-order valence-electron chi connectivity index (χ4n) is 1.41. The molecule has 102 valence electrons. The van der Waals surface area contributed by atoms with Gasteiger partial charge in [0.2, 0.25) is 0 Å². The van der Waals surface area contributed by atoms with Crippen LogP contribution in [0.4, 0.5) is 0 Å². The molecule has 0 aromatic heterocycles. The van der Waals surface area contributed by atoms with Gasteiger partial charge in [0.1, 0.15) is 0 Å². The molecule has 0 aliphatic rings. The molecular weight excluding hydrogens is 292 g/mol. The van der Waals surface area contributed by atoms with Gasteiger partial charge < -0.3 is 10.4 Å². The molecule has 0 amide bonds. The van der Waals surface area contributed by atoms with Crippen LogP contribution in [-0.2, 0) is 0 Å². The van der Waals surface area contributed by atoms with E-state index in [4.69, 9.17) is 10.4 Å².